The molecular formula is C18H18N2O3S. The third-order valence-electron chi connectivity index (χ3n) is 3.76. The van der Waals surface area contributed by atoms with Gasteiger partial charge in [-0.2, -0.15) is 0 Å². The molecule has 1 aliphatic heterocycles. The van der Waals surface area contributed by atoms with Crippen LogP contribution in [-0.2, 0) is 9.59 Å². The van der Waals surface area contributed by atoms with Crippen molar-refractivity contribution in [1.29, 1.82) is 0 Å². The Morgan fingerprint density at radius 3 is 2.62 bits per heavy atom. The van der Waals surface area contributed by atoms with Gasteiger partial charge in [-0.25, -0.2) is 0 Å². The molecule has 0 spiro atoms. The molecule has 0 aliphatic carbocycles. The summed E-state index contributed by atoms with van der Waals surface area (Å²) in [5, 5.41) is 2.48. The molecule has 0 radical (unpaired) electrons. The van der Waals surface area contributed by atoms with Gasteiger partial charge in [0.15, 0.2) is 0 Å². The van der Waals surface area contributed by atoms with Crippen LogP contribution in [0.4, 0.5) is 11.4 Å². The zero-order valence-electron chi connectivity index (χ0n) is 13.5. The van der Waals surface area contributed by atoms with E-state index < -0.39 is 0 Å². The summed E-state index contributed by atoms with van der Waals surface area (Å²) in [5.74, 6) is 0.516. The molecule has 0 bridgehead atoms. The molecule has 1 atom stereocenters. The van der Waals surface area contributed by atoms with E-state index in [2.05, 4.69) is 5.32 Å². The van der Waals surface area contributed by atoms with Gasteiger partial charge in [-0.1, -0.05) is 12.1 Å². The lowest BCUT2D eigenvalue weighted by molar-refractivity contribution is -0.121. The summed E-state index contributed by atoms with van der Waals surface area (Å²) in [6.07, 6.45) is 0. The number of hydrogen-bond donors (Lipinski definition) is 1. The molecule has 3 rings (SSSR count). The number of hydrogen-bond acceptors (Lipinski definition) is 4. The van der Waals surface area contributed by atoms with Crippen LogP contribution < -0.4 is 15.0 Å². The van der Waals surface area contributed by atoms with E-state index in [4.69, 9.17) is 4.74 Å². The van der Waals surface area contributed by atoms with Crippen LogP contribution in [0.1, 0.15) is 6.92 Å². The van der Waals surface area contributed by atoms with Crippen molar-refractivity contribution in [1.82, 2.24) is 0 Å². The second-order valence-electron chi connectivity index (χ2n) is 5.43. The minimum atomic E-state index is -0.308. The molecule has 2 amide bonds. The minimum Gasteiger partial charge on any atom is -0.497 e. The van der Waals surface area contributed by atoms with E-state index in [0.29, 0.717) is 5.69 Å². The number of methoxy groups -OCH3 is 1. The molecule has 1 aliphatic rings. The van der Waals surface area contributed by atoms with Crippen LogP contribution in [0, 0.1) is 0 Å². The predicted octanol–water partition coefficient (Wildman–Crippen LogP) is 3.16. The number of fused-ring (bicyclic) bond motifs is 1. The largest absolute Gasteiger partial charge is 0.497 e. The Hall–Kier alpha value is -2.47. The molecule has 2 aromatic rings. The van der Waals surface area contributed by atoms with Gasteiger partial charge >= 0.3 is 0 Å². The number of nitrogens with zero attached hydrogens (tertiary/aromatic N) is 1. The SMILES string of the molecule is COc1ccc(SC(C)C(=O)N2CC(=O)Nc3ccccc32)cc1. The van der Waals surface area contributed by atoms with E-state index in [1.807, 2.05) is 49.4 Å². The number of benzene rings is 2. The Bertz CT molecular complexity index is 761. The van der Waals surface area contributed by atoms with Gasteiger partial charge in [0.05, 0.1) is 23.7 Å². The summed E-state index contributed by atoms with van der Waals surface area (Å²) in [6.45, 7) is 1.90. The fourth-order valence-corrected chi connectivity index (χ4v) is 3.49. The first-order valence-corrected chi connectivity index (χ1v) is 8.47. The third kappa shape index (κ3) is 3.38. The lowest BCUT2D eigenvalue weighted by Gasteiger charge is -2.30. The minimum absolute atomic E-state index is 0.0450. The van der Waals surface area contributed by atoms with Gasteiger partial charge in [0, 0.05) is 4.90 Å². The van der Waals surface area contributed by atoms with Crippen LogP contribution in [-0.4, -0.2) is 30.7 Å². The number of nitrogens with one attached hydrogen (secondary N) is 1. The monoisotopic (exact) mass is 342 g/mol. The van der Waals surface area contributed by atoms with Gasteiger partial charge in [-0.15, -0.1) is 11.8 Å². The molecule has 0 fully saturated rings. The second-order valence-corrected chi connectivity index (χ2v) is 6.84. The van der Waals surface area contributed by atoms with Crippen molar-refractivity contribution in [2.45, 2.75) is 17.1 Å². The van der Waals surface area contributed by atoms with Crippen LogP contribution >= 0.6 is 11.8 Å². The maximum atomic E-state index is 12.8. The van der Waals surface area contributed by atoms with Crippen LogP contribution in [0.5, 0.6) is 5.75 Å². The van der Waals surface area contributed by atoms with Gasteiger partial charge in [-0.3, -0.25) is 14.5 Å². The Morgan fingerprint density at radius 1 is 1.21 bits per heavy atom. The maximum Gasteiger partial charge on any atom is 0.244 e. The summed E-state index contributed by atoms with van der Waals surface area (Å²) in [5.41, 5.74) is 1.41. The Balaban J connectivity index is 1.76. The second kappa shape index (κ2) is 6.97. The number of carbonyl (C=O) groups excluding carboxylic acids is 2. The van der Waals surface area contributed by atoms with E-state index in [9.17, 15) is 9.59 Å². The summed E-state index contributed by atoms with van der Waals surface area (Å²) in [4.78, 5) is 27.2. The number of amides is 2. The van der Waals surface area contributed by atoms with Crippen molar-refractivity contribution >= 4 is 35.0 Å². The normalized spacial score (nSPS) is 14.6. The Morgan fingerprint density at radius 2 is 1.92 bits per heavy atom. The first-order chi connectivity index (χ1) is 11.6. The van der Waals surface area contributed by atoms with Gasteiger partial charge < -0.3 is 10.1 Å². The third-order valence-corrected chi connectivity index (χ3v) is 4.86. The molecule has 1 heterocycles. The summed E-state index contributed by atoms with van der Waals surface area (Å²) >= 11 is 1.46. The van der Waals surface area contributed by atoms with Crippen LogP contribution in [0.2, 0.25) is 0 Å². The number of thioether (sulfide) groups is 1. The number of ether oxygens (including phenoxy) is 1. The summed E-state index contributed by atoms with van der Waals surface area (Å²) < 4.78 is 5.14. The van der Waals surface area contributed by atoms with Gasteiger partial charge in [-0.05, 0) is 43.3 Å². The van der Waals surface area contributed by atoms with E-state index in [1.165, 1.54) is 11.8 Å². The number of anilines is 2. The summed E-state index contributed by atoms with van der Waals surface area (Å²) in [7, 11) is 1.62. The molecule has 24 heavy (non-hydrogen) atoms. The molecule has 0 saturated heterocycles. The highest BCUT2D eigenvalue weighted by Crippen LogP contribution is 2.32. The van der Waals surface area contributed by atoms with E-state index in [-0.39, 0.29) is 23.6 Å². The molecule has 0 saturated carbocycles. The van der Waals surface area contributed by atoms with E-state index >= 15 is 0 Å². The summed E-state index contributed by atoms with van der Waals surface area (Å²) in [6, 6.07) is 14.9. The van der Waals surface area contributed by atoms with Crippen molar-refractivity contribution in [3.8, 4) is 5.75 Å². The topological polar surface area (TPSA) is 58.6 Å². The van der Waals surface area contributed by atoms with Crippen molar-refractivity contribution < 1.29 is 14.3 Å². The highest BCUT2D eigenvalue weighted by molar-refractivity contribution is 8.00. The van der Waals surface area contributed by atoms with Crippen LogP contribution in [0.25, 0.3) is 0 Å². The maximum absolute atomic E-state index is 12.8. The van der Waals surface area contributed by atoms with Crippen molar-refractivity contribution in [2.75, 3.05) is 23.9 Å². The zero-order valence-corrected chi connectivity index (χ0v) is 14.3. The highest BCUT2D eigenvalue weighted by atomic mass is 32.2. The van der Waals surface area contributed by atoms with E-state index in [1.54, 1.807) is 18.1 Å². The van der Waals surface area contributed by atoms with Crippen LogP contribution in [0.3, 0.4) is 0 Å². The molecule has 1 N–H and O–H groups in total. The van der Waals surface area contributed by atoms with Gasteiger partial charge in [0.2, 0.25) is 11.8 Å². The number of carbonyl (C=O) groups is 2. The smallest absolute Gasteiger partial charge is 0.244 e. The fourth-order valence-electron chi connectivity index (χ4n) is 2.56. The Labute approximate surface area is 145 Å². The lowest BCUT2D eigenvalue weighted by Crippen LogP contribution is -2.45. The lowest BCUT2D eigenvalue weighted by atomic mass is 10.2. The first kappa shape index (κ1) is 16.4. The van der Waals surface area contributed by atoms with E-state index in [0.717, 1.165) is 16.3 Å². The van der Waals surface area contributed by atoms with Crippen molar-refractivity contribution in [3.63, 3.8) is 0 Å². The quantitative estimate of drug-likeness (QED) is 0.867. The van der Waals surface area contributed by atoms with Crippen molar-refractivity contribution in [3.05, 3.63) is 48.5 Å². The predicted molar refractivity (Wildman–Crippen MR) is 95.7 cm³/mol. The molecule has 0 aromatic heterocycles. The standard InChI is InChI=1S/C18H18N2O3S/c1-12(24-14-9-7-13(23-2)8-10-14)18(22)20-11-17(21)19-15-5-3-4-6-16(15)20/h3-10,12H,11H2,1-2H3,(H,19,21). The molecule has 2 aromatic carbocycles. The van der Waals surface area contributed by atoms with Crippen LogP contribution in [0.15, 0.2) is 53.4 Å². The average molecular weight is 342 g/mol. The molecular weight excluding hydrogens is 324 g/mol. The highest BCUT2D eigenvalue weighted by Gasteiger charge is 2.29. The fraction of sp³-hybridized carbons (Fsp3) is 0.222. The number of rotatable bonds is 4. The molecule has 1 unspecified atom stereocenters. The average Bonchev–Trinajstić information content (AvgIpc) is 2.61. The Kier molecular flexibility index (Phi) is 4.76. The van der Waals surface area contributed by atoms with Gasteiger partial charge in [0.1, 0.15) is 12.3 Å². The van der Waals surface area contributed by atoms with Gasteiger partial charge in [0.25, 0.3) is 0 Å². The first-order valence-electron chi connectivity index (χ1n) is 7.59. The van der Waals surface area contributed by atoms with Crippen molar-refractivity contribution in [2.24, 2.45) is 0 Å². The zero-order chi connectivity index (χ0) is 17.1. The number of para-hydroxylation sites is 2. The molecule has 5 nitrogen and oxygen atoms in total. The molecule has 124 valence electrons. The molecule has 6 heteroatoms.